The maximum Gasteiger partial charge on any atom is 0.146 e. The molecule has 0 bridgehead atoms. The van der Waals surface area contributed by atoms with Crippen LogP contribution in [-0.4, -0.2) is 31.2 Å². The van der Waals surface area contributed by atoms with E-state index in [0.717, 1.165) is 44.2 Å². The Morgan fingerprint density at radius 2 is 2.05 bits per heavy atom. The van der Waals surface area contributed by atoms with Gasteiger partial charge in [0, 0.05) is 30.4 Å². The van der Waals surface area contributed by atoms with Gasteiger partial charge < -0.3 is 9.47 Å². The molecule has 1 aliphatic rings. The minimum atomic E-state index is 0.544. The highest BCUT2D eigenvalue weighted by Crippen LogP contribution is 2.23. The molecule has 1 fully saturated rings. The highest BCUT2D eigenvalue weighted by atomic mass is 32.1. The second-order valence-electron chi connectivity index (χ2n) is 5.29. The van der Waals surface area contributed by atoms with E-state index >= 15 is 0 Å². The Kier molecular flexibility index (Phi) is 5.12. The summed E-state index contributed by atoms with van der Waals surface area (Å²) < 4.78 is 11.2. The Labute approximate surface area is 135 Å². The van der Waals surface area contributed by atoms with E-state index in [4.69, 9.17) is 15.9 Å². The summed E-state index contributed by atoms with van der Waals surface area (Å²) in [6, 6.07) is 8.54. The van der Waals surface area contributed by atoms with Crippen LogP contribution in [0.1, 0.15) is 16.7 Å². The standard InChI is InChI=1S/C18H19NO2S/c1-2-17-13-22-14-18(17)21-12-16-5-3-4-15(10-16)11-19-6-8-20-9-7-19/h1,3-5,10,13-14H,6-9,11-12H2. The van der Waals surface area contributed by atoms with E-state index in [1.54, 1.807) is 11.3 Å². The molecule has 1 saturated heterocycles. The normalized spacial score (nSPS) is 15.4. The van der Waals surface area contributed by atoms with Crippen molar-refractivity contribution in [3.8, 4) is 18.1 Å². The first-order valence-electron chi connectivity index (χ1n) is 7.38. The number of ether oxygens (including phenoxy) is 2. The first-order valence-corrected chi connectivity index (χ1v) is 8.33. The maximum absolute atomic E-state index is 5.83. The molecule has 0 atom stereocenters. The predicted molar refractivity (Wildman–Crippen MR) is 89.1 cm³/mol. The lowest BCUT2D eigenvalue weighted by Gasteiger charge is -2.26. The summed E-state index contributed by atoms with van der Waals surface area (Å²) in [6.45, 7) is 5.17. The zero-order valence-corrected chi connectivity index (χ0v) is 13.3. The molecular weight excluding hydrogens is 294 g/mol. The molecule has 0 saturated carbocycles. The maximum atomic E-state index is 5.83. The lowest BCUT2D eigenvalue weighted by atomic mass is 10.1. The van der Waals surface area contributed by atoms with Crippen LogP contribution in [0, 0.1) is 12.3 Å². The van der Waals surface area contributed by atoms with E-state index in [1.807, 2.05) is 10.8 Å². The quantitative estimate of drug-likeness (QED) is 0.792. The summed E-state index contributed by atoms with van der Waals surface area (Å²) in [7, 11) is 0. The number of morpholine rings is 1. The summed E-state index contributed by atoms with van der Waals surface area (Å²) >= 11 is 1.57. The van der Waals surface area contributed by atoms with Crippen LogP contribution in [0.25, 0.3) is 0 Å². The van der Waals surface area contributed by atoms with Crippen molar-refractivity contribution in [3.05, 3.63) is 51.7 Å². The Morgan fingerprint density at radius 3 is 2.86 bits per heavy atom. The summed E-state index contributed by atoms with van der Waals surface area (Å²) in [4.78, 5) is 2.42. The molecular formula is C18H19NO2S. The van der Waals surface area contributed by atoms with Crippen molar-refractivity contribution < 1.29 is 9.47 Å². The average molecular weight is 313 g/mol. The van der Waals surface area contributed by atoms with Gasteiger partial charge in [0.2, 0.25) is 0 Å². The zero-order chi connectivity index (χ0) is 15.2. The molecule has 3 nitrogen and oxygen atoms in total. The van der Waals surface area contributed by atoms with Crippen molar-refractivity contribution >= 4 is 11.3 Å². The van der Waals surface area contributed by atoms with Gasteiger partial charge in [-0.3, -0.25) is 4.90 Å². The van der Waals surface area contributed by atoms with Crippen LogP contribution in [-0.2, 0) is 17.9 Å². The van der Waals surface area contributed by atoms with Crippen LogP contribution in [0.3, 0.4) is 0 Å². The number of nitrogens with zero attached hydrogens (tertiary/aromatic N) is 1. The van der Waals surface area contributed by atoms with Crippen LogP contribution in [0.5, 0.6) is 5.75 Å². The van der Waals surface area contributed by atoms with Gasteiger partial charge in [0.15, 0.2) is 0 Å². The molecule has 0 spiro atoms. The Bertz CT molecular complexity index is 653. The van der Waals surface area contributed by atoms with E-state index in [1.165, 1.54) is 11.1 Å². The van der Waals surface area contributed by atoms with Crippen LogP contribution in [0.4, 0.5) is 0 Å². The topological polar surface area (TPSA) is 21.7 Å². The molecule has 4 heteroatoms. The van der Waals surface area contributed by atoms with Crippen molar-refractivity contribution in [1.29, 1.82) is 0 Å². The van der Waals surface area contributed by atoms with Gasteiger partial charge in [-0.25, -0.2) is 0 Å². The highest BCUT2D eigenvalue weighted by molar-refractivity contribution is 7.08. The van der Waals surface area contributed by atoms with Gasteiger partial charge >= 0.3 is 0 Å². The second kappa shape index (κ2) is 7.46. The Morgan fingerprint density at radius 1 is 1.23 bits per heavy atom. The summed E-state index contributed by atoms with van der Waals surface area (Å²) in [5.74, 6) is 3.44. The fourth-order valence-electron chi connectivity index (χ4n) is 2.50. The van der Waals surface area contributed by atoms with Crippen molar-refractivity contribution in [3.63, 3.8) is 0 Å². The second-order valence-corrected chi connectivity index (χ2v) is 6.03. The molecule has 1 aromatic heterocycles. The number of benzene rings is 1. The van der Waals surface area contributed by atoms with E-state index < -0.39 is 0 Å². The number of hydrogen-bond donors (Lipinski definition) is 0. The minimum absolute atomic E-state index is 0.544. The molecule has 0 unspecified atom stereocenters. The lowest BCUT2D eigenvalue weighted by molar-refractivity contribution is 0.0342. The fourth-order valence-corrected chi connectivity index (χ4v) is 3.21. The largest absolute Gasteiger partial charge is 0.487 e. The van der Waals surface area contributed by atoms with E-state index in [2.05, 4.69) is 35.1 Å². The number of rotatable bonds is 5. The molecule has 22 heavy (non-hydrogen) atoms. The fraction of sp³-hybridized carbons (Fsp3) is 0.333. The van der Waals surface area contributed by atoms with Gasteiger partial charge in [0.05, 0.1) is 18.8 Å². The van der Waals surface area contributed by atoms with Crippen molar-refractivity contribution in [2.45, 2.75) is 13.2 Å². The van der Waals surface area contributed by atoms with Gasteiger partial charge in [-0.1, -0.05) is 30.2 Å². The number of thiophene rings is 1. The zero-order valence-electron chi connectivity index (χ0n) is 12.5. The third-order valence-corrected chi connectivity index (χ3v) is 4.40. The first-order chi connectivity index (χ1) is 10.8. The Balaban J connectivity index is 1.60. The van der Waals surface area contributed by atoms with Gasteiger partial charge in [0.1, 0.15) is 12.4 Å². The molecule has 114 valence electrons. The monoisotopic (exact) mass is 313 g/mol. The molecule has 0 aliphatic carbocycles. The number of hydrogen-bond acceptors (Lipinski definition) is 4. The summed E-state index contributed by atoms with van der Waals surface area (Å²) in [5.41, 5.74) is 3.31. The minimum Gasteiger partial charge on any atom is -0.487 e. The van der Waals surface area contributed by atoms with Gasteiger partial charge in [-0.15, -0.1) is 17.8 Å². The molecule has 3 rings (SSSR count). The molecule has 2 aromatic rings. The molecule has 1 aromatic carbocycles. The average Bonchev–Trinajstić information content (AvgIpc) is 3.02. The Hall–Kier alpha value is -1.80. The van der Waals surface area contributed by atoms with Crippen LogP contribution < -0.4 is 4.74 Å². The predicted octanol–water partition coefficient (Wildman–Crippen LogP) is 3.14. The van der Waals surface area contributed by atoms with Crippen LogP contribution >= 0.6 is 11.3 Å². The van der Waals surface area contributed by atoms with Crippen molar-refractivity contribution in [1.82, 2.24) is 4.90 Å². The third-order valence-electron chi connectivity index (χ3n) is 3.68. The van der Waals surface area contributed by atoms with Gasteiger partial charge in [-0.2, -0.15) is 0 Å². The molecule has 0 amide bonds. The highest BCUT2D eigenvalue weighted by Gasteiger charge is 2.11. The van der Waals surface area contributed by atoms with E-state index in [9.17, 15) is 0 Å². The number of terminal acetylenes is 1. The van der Waals surface area contributed by atoms with Crippen LogP contribution in [0.2, 0.25) is 0 Å². The van der Waals surface area contributed by atoms with Crippen molar-refractivity contribution in [2.75, 3.05) is 26.3 Å². The molecule has 0 radical (unpaired) electrons. The molecule has 2 heterocycles. The lowest BCUT2D eigenvalue weighted by Crippen LogP contribution is -2.35. The SMILES string of the molecule is C#Cc1cscc1OCc1cccc(CN2CCOCC2)c1. The first kappa shape index (κ1) is 15.1. The smallest absolute Gasteiger partial charge is 0.146 e. The third kappa shape index (κ3) is 3.89. The van der Waals surface area contributed by atoms with Crippen LogP contribution in [0.15, 0.2) is 35.0 Å². The molecule has 1 aliphatic heterocycles. The van der Waals surface area contributed by atoms with Gasteiger partial charge in [0.25, 0.3) is 0 Å². The molecule has 0 N–H and O–H groups in total. The van der Waals surface area contributed by atoms with Gasteiger partial charge in [-0.05, 0) is 11.1 Å². The van der Waals surface area contributed by atoms with E-state index in [0.29, 0.717) is 6.61 Å². The summed E-state index contributed by atoms with van der Waals surface area (Å²) in [6.07, 6.45) is 5.45. The van der Waals surface area contributed by atoms with E-state index in [-0.39, 0.29) is 0 Å². The summed E-state index contributed by atoms with van der Waals surface area (Å²) in [5, 5.41) is 3.89. The van der Waals surface area contributed by atoms with Crippen molar-refractivity contribution in [2.24, 2.45) is 0 Å².